The molecular formula is C13H24O4. The van der Waals surface area contributed by atoms with Crippen LogP contribution in [-0.2, 0) is 9.59 Å². The van der Waals surface area contributed by atoms with Crippen LogP contribution in [0.2, 0.25) is 0 Å². The molecule has 17 heavy (non-hydrogen) atoms. The molecule has 0 heterocycles. The van der Waals surface area contributed by atoms with E-state index in [9.17, 15) is 9.59 Å². The molecular weight excluding hydrogens is 220 g/mol. The van der Waals surface area contributed by atoms with Gasteiger partial charge in [0.05, 0.1) is 11.8 Å². The van der Waals surface area contributed by atoms with E-state index < -0.39 is 23.8 Å². The van der Waals surface area contributed by atoms with Gasteiger partial charge in [-0.05, 0) is 6.42 Å². The van der Waals surface area contributed by atoms with E-state index in [2.05, 4.69) is 6.92 Å². The molecule has 0 aliphatic carbocycles. The summed E-state index contributed by atoms with van der Waals surface area (Å²) in [5.41, 5.74) is 0. The fourth-order valence-electron chi connectivity index (χ4n) is 1.90. The molecule has 0 aromatic rings. The van der Waals surface area contributed by atoms with Crippen molar-refractivity contribution >= 4 is 11.9 Å². The molecule has 0 bridgehead atoms. The normalized spacial score (nSPS) is 14.2. The third-order valence-electron chi connectivity index (χ3n) is 3.18. The molecule has 0 saturated carbocycles. The number of aliphatic carboxylic acids is 2. The number of hydrogen-bond donors (Lipinski definition) is 2. The standard InChI is InChI=1S/C13H24O4/c1-3-4-5-6-7-8-9-11(13(16)17)10(2)12(14)15/h10-11H,3-9H2,1-2H3,(H,14,15)(H,16,17). The Morgan fingerprint density at radius 2 is 1.47 bits per heavy atom. The zero-order valence-corrected chi connectivity index (χ0v) is 10.8. The molecule has 0 aliphatic rings. The van der Waals surface area contributed by atoms with Gasteiger partial charge in [-0.25, -0.2) is 0 Å². The zero-order valence-electron chi connectivity index (χ0n) is 10.8. The Hall–Kier alpha value is -1.06. The van der Waals surface area contributed by atoms with Crippen molar-refractivity contribution in [2.24, 2.45) is 11.8 Å². The Bertz CT molecular complexity index is 238. The van der Waals surface area contributed by atoms with Gasteiger partial charge in [-0.2, -0.15) is 0 Å². The van der Waals surface area contributed by atoms with Crippen molar-refractivity contribution in [2.75, 3.05) is 0 Å². The molecule has 0 saturated heterocycles. The molecule has 0 fully saturated rings. The topological polar surface area (TPSA) is 74.6 Å². The summed E-state index contributed by atoms with van der Waals surface area (Å²) in [6.07, 6.45) is 6.97. The average Bonchev–Trinajstić information content (AvgIpc) is 2.26. The van der Waals surface area contributed by atoms with Gasteiger partial charge in [0.15, 0.2) is 0 Å². The lowest BCUT2D eigenvalue weighted by molar-refractivity contribution is -0.153. The molecule has 4 heteroatoms. The predicted octanol–water partition coefficient (Wildman–Crippen LogP) is 3.16. The summed E-state index contributed by atoms with van der Waals surface area (Å²) in [5, 5.41) is 17.8. The molecule has 0 aromatic heterocycles. The molecule has 2 N–H and O–H groups in total. The molecule has 0 radical (unpaired) electrons. The molecule has 0 spiro atoms. The molecule has 0 amide bonds. The highest BCUT2D eigenvalue weighted by Gasteiger charge is 2.29. The maximum Gasteiger partial charge on any atom is 0.307 e. The highest BCUT2D eigenvalue weighted by atomic mass is 16.4. The van der Waals surface area contributed by atoms with E-state index in [1.54, 1.807) is 0 Å². The summed E-state index contributed by atoms with van der Waals surface area (Å²) < 4.78 is 0. The number of unbranched alkanes of at least 4 members (excludes halogenated alkanes) is 5. The summed E-state index contributed by atoms with van der Waals surface area (Å²) in [6.45, 7) is 3.62. The Kier molecular flexibility index (Phi) is 8.46. The van der Waals surface area contributed by atoms with Crippen LogP contribution in [0.1, 0.15) is 58.8 Å². The van der Waals surface area contributed by atoms with Crippen LogP contribution < -0.4 is 0 Å². The van der Waals surface area contributed by atoms with Crippen molar-refractivity contribution in [3.63, 3.8) is 0 Å². The van der Waals surface area contributed by atoms with Crippen LogP contribution in [-0.4, -0.2) is 22.2 Å². The highest BCUT2D eigenvalue weighted by molar-refractivity contribution is 5.79. The molecule has 2 unspecified atom stereocenters. The molecule has 4 nitrogen and oxygen atoms in total. The van der Waals surface area contributed by atoms with E-state index in [4.69, 9.17) is 10.2 Å². The minimum Gasteiger partial charge on any atom is -0.481 e. The third-order valence-corrected chi connectivity index (χ3v) is 3.18. The van der Waals surface area contributed by atoms with Gasteiger partial charge < -0.3 is 10.2 Å². The lowest BCUT2D eigenvalue weighted by Gasteiger charge is -2.16. The quantitative estimate of drug-likeness (QED) is 0.579. The van der Waals surface area contributed by atoms with Crippen molar-refractivity contribution in [2.45, 2.75) is 58.8 Å². The predicted molar refractivity (Wildman–Crippen MR) is 65.9 cm³/mol. The second-order valence-electron chi connectivity index (χ2n) is 4.63. The van der Waals surface area contributed by atoms with Gasteiger partial charge in [0.1, 0.15) is 0 Å². The Labute approximate surface area is 103 Å². The van der Waals surface area contributed by atoms with E-state index in [0.29, 0.717) is 6.42 Å². The molecule has 0 aliphatic heterocycles. The van der Waals surface area contributed by atoms with Crippen LogP contribution >= 0.6 is 0 Å². The summed E-state index contributed by atoms with van der Waals surface area (Å²) in [4.78, 5) is 21.7. The molecule has 0 aromatic carbocycles. The van der Waals surface area contributed by atoms with Gasteiger partial charge in [0.2, 0.25) is 0 Å². The second kappa shape index (κ2) is 9.02. The number of carboxylic acids is 2. The van der Waals surface area contributed by atoms with E-state index in [1.807, 2.05) is 0 Å². The van der Waals surface area contributed by atoms with Gasteiger partial charge in [0.25, 0.3) is 0 Å². The Morgan fingerprint density at radius 3 is 1.94 bits per heavy atom. The lowest BCUT2D eigenvalue weighted by atomic mass is 9.89. The van der Waals surface area contributed by atoms with Crippen molar-refractivity contribution in [3.05, 3.63) is 0 Å². The second-order valence-corrected chi connectivity index (χ2v) is 4.63. The first-order valence-corrected chi connectivity index (χ1v) is 6.46. The van der Waals surface area contributed by atoms with Gasteiger partial charge in [0, 0.05) is 0 Å². The number of carbonyl (C=O) groups is 2. The minimum atomic E-state index is -1.02. The van der Waals surface area contributed by atoms with E-state index in [1.165, 1.54) is 26.2 Å². The monoisotopic (exact) mass is 244 g/mol. The number of carboxylic acid groups (broad SMARTS) is 2. The van der Waals surface area contributed by atoms with Gasteiger partial charge >= 0.3 is 11.9 Å². The van der Waals surface area contributed by atoms with E-state index in [0.717, 1.165) is 19.3 Å². The molecule has 100 valence electrons. The Morgan fingerprint density at radius 1 is 0.941 bits per heavy atom. The average molecular weight is 244 g/mol. The van der Waals surface area contributed by atoms with E-state index in [-0.39, 0.29) is 0 Å². The van der Waals surface area contributed by atoms with Crippen molar-refractivity contribution in [3.8, 4) is 0 Å². The number of hydrogen-bond acceptors (Lipinski definition) is 2. The first kappa shape index (κ1) is 15.9. The fourth-order valence-corrected chi connectivity index (χ4v) is 1.90. The lowest BCUT2D eigenvalue weighted by Crippen LogP contribution is -2.27. The highest BCUT2D eigenvalue weighted by Crippen LogP contribution is 2.20. The van der Waals surface area contributed by atoms with Gasteiger partial charge in [-0.3, -0.25) is 9.59 Å². The summed E-state index contributed by atoms with van der Waals surface area (Å²) >= 11 is 0. The van der Waals surface area contributed by atoms with Crippen LogP contribution in [0, 0.1) is 11.8 Å². The van der Waals surface area contributed by atoms with Crippen LogP contribution in [0.5, 0.6) is 0 Å². The molecule has 0 rings (SSSR count). The van der Waals surface area contributed by atoms with Crippen LogP contribution in [0.25, 0.3) is 0 Å². The zero-order chi connectivity index (χ0) is 13.3. The fraction of sp³-hybridized carbons (Fsp3) is 0.846. The summed E-state index contributed by atoms with van der Waals surface area (Å²) in [7, 11) is 0. The maximum atomic E-state index is 10.9. The smallest absolute Gasteiger partial charge is 0.307 e. The van der Waals surface area contributed by atoms with E-state index >= 15 is 0 Å². The van der Waals surface area contributed by atoms with Crippen molar-refractivity contribution in [1.29, 1.82) is 0 Å². The maximum absolute atomic E-state index is 10.9. The first-order chi connectivity index (χ1) is 8.00. The number of rotatable bonds is 10. The summed E-state index contributed by atoms with van der Waals surface area (Å²) in [6, 6.07) is 0. The van der Waals surface area contributed by atoms with Gasteiger partial charge in [-0.1, -0.05) is 52.4 Å². The van der Waals surface area contributed by atoms with Crippen LogP contribution in [0.3, 0.4) is 0 Å². The summed E-state index contributed by atoms with van der Waals surface area (Å²) in [5.74, 6) is -3.57. The minimum absolute atomic E-state index is 0.467. The van der Waals surface area contributed by atoms with Crippen molar-refractivity contribution < 1.29 is 19.8 Å². The largest absolute Gasteiger partial charge is 0.481 e. The van der Waals surface area contributed by atoms with Crippen molar-refractivity contribution in [1.82, 2.24) is 0 Å². The first-order valence-electron chi connectivity index (χ1n) is 6.46. The molecule has 2 atom stereocenters. The Balaban J connectivity index is 3.87. The van der Waals surface area contributed by atoms with Gasteiger partial charge in [-0.15, -0.1) is 0 Å². The third kappa shape index (κ3) is 6.97. The van der Waals surface area contributed by atoms with Crippen LogP contribution in [0.4, 0.5) is 0 Å². The SMILES string of the molecule is CCCCCCCCC(C(=O)O)C(C)C(=O)O. The van der Waals surface area contributed by atoms with Crippen LogP contribution in [0.15, 0.2) is 0 Å².